The van der Waals surface area contributed by atoms with E-state index in [1.54, 1.807) is 0 Å². The SMILES string of the molecule is CNC(C1=COCCC1)C1C2CCCCC21. The minimum Gasteiger partial charge on any atom is -0.501 e. The second-order valence-electron chi connectivity index (χ2n) is 5.62. The molecule has 3 aliphatic rings. The summed E-state index contributed by atoms with van der Waals surface area (Å²) in [6.07, 6.45) is 10.3. The normalized spacial score (nSPS) is 39.3. The van der Waals surface area contributed by atoms with Crippen LogP contribution in [0.2, 0.25) is 0 Å². The number of hydrogen-bond donors (Lipinski definition) is 1. The Bertz CT molecular complexity index is 274. The van der Waals surface area contributed by atoms with Gasteiger partial charge in [0.15, 0.2) is 0 Å². The highest BCUT2D eigenvalue weighted by molar-refractivity contribution is 5.19. The molecule has 1 N–H and O–H groups in total. The number of likely N-dealkylation sites (N-methyl/N-ethyl adjacent to an activating group) is 1. The van der Waals surface area contributed by atoms with Crippen LogP contribution < -0.4 is 5.32 Å². The van der Waals surface area contributed by atoms with Gasteiger partial charge in [-0.25, -0.2) is 0 Å². The molecule has 2 saturated carbocycles. The Morgan fingerprint density at radius 2 is 2.00 bits per heavy atom. The summed E-state index contributed by atoms with van der Waals surface area (Å²) in [6.45, 7) is 0.914. The number of hydrogen-bond acceptors (Lipinski definition) is 2. The van der Waals surface area contributed by atoms with Crippen LogP contribution in [-0.2, 0) is 4.74 Å². The van der Waals surface area contributed by atoms with Gasteiger partial charge in [-0.15, -0.1) is 0 Å². The van der Waals surface area contributed by atoms with Crippen molar-refractivity contribution in [1.29, 1.82) is 0 Å². The van der Waals surface area contributed by atoms with Gasteiger partial charge in [-0.2, -0.15) is 0 Å². The zero-order valence-corrected chi connectivity index (χ0v) is 10.2. The number of rotatable bonds is 3. The maximum atomic E-state index is 5.49. The van der Waals surface area contributed by atoms with E-state index in [0.717, 1.165) is 24.4 Å². The van der Waals surface area contributed by atoms with Gasteiger partial charge in [0.25, 0.3) is 0 Å². The van der Waals surface area contributed by atoms with Crippen LogP contribution in [0.3, 0.4) is 0 Å². The van der Waals surface area contributed by atoms with Crippen molar-refractivity contribution in [3.8, 4) is 0 Å². The Morgan fingerprint density at radius 1 is 1.25 bits per heavy atom. The molecular formula is C14H23NO. The third-order valence-corrected chi connectivity index (χ3v) is 4.78. The zero-order valence-electron chi connectivity index (χ0n) is 10.2. The van der Waals surface area contributed by atoms with Gasteiger partial charge >= 0.3 is 0 Å². The summed E-state index contributed by atoms with van der Waals surface area (Å²) >= 11 is 0. The summed E-state index contributed by atoms with van der Waals surface area (Å²) in [5, 5.41) is 3.54. The molecule has 90 valence electrons. The fraction of sp³-hybridized carbons (Fsp3) is 0.857. The lowest BCUT2D eigenvalue weighted by Crippen LogP contribution is -2.32. The molecular weight excluding hydrogens is 198 g/mol. The second kappa shape index (κ2) is 4.40. The number of nitrogens with one attached hydrogen (secondary N) is 1. The molecule has 2 aliphatic carbocycles. The van der Waals surface area contributed by atoms with Crippen molar-refractivity contribution in [1.82, 2.24) is 5.32 Å². The lowest BCUT2D eigenvalue weighted by atomic mass is 9.96. The predicted molar refractivity (Wildman–Crippen MR) is 65.1 cm³/mol. The maximum Gasteiger partial charge on any atom is 0.0876 e. The highest BCUT2D eigenvalue weighted by Gasteiger charge is 2.54. The van der Waals surface area contributed by atoms with Crippen LogP contribution in [0.5, 0.6) is 0 Å². The number of fused-ring (bicyclic) bond motifs is 1. The molecule has 3 rings (SSSR count). The number of ether oxygens (including phenoxy) is 1. The van der Waals surface area contributed by atoms with Gasteiger partial charge in [-0.1, -0.05) is 12.8 Å². The van der Waals surface area contributed by atoms with Gasteiger partial charge in [0.1, 0.15) is 0 Å². The first-order valence-corrected chi connectivity index (χ1v) is 6.89. The molecule has 0 aromatic heterocycles. The molecule has 3 atom stereocenters. The highest BCUT2D eigenvalue weighted by Crippen LogP contribution is 2.58. The van der Waals surface area contributed by atoms with Crippen molar-refractivity contribution in [2.24, 2.45) is 17.8 Å². The molecule has 0 radical (unpaired) electrons. The fourth-order valence-electron chi connectivity index (χ4n) is 3.98. The van der Waals surface area contributed by atoms with E-state index >= 15 is 0 Å². The first kappa shape index (κ1) is 10.6. The third kappa shape index (κ3) is 1.77. The van der Waals surface area contributed by atoms with Crippen LogP contribution in [0.15, 0.2) is 11.8 Å². The van der Waals surface area contributed by atoms with Crippen LogP contribution in [0.25, 0.3) is 0 Å². The monoisotopic (exact) mass is 221 g/mol. The average Bonchev–Trinajstić information content (AvgIpc) is 3.07. The summed E-state index contributed by atoms with van der Waals surface area (Å²) in [5.41, 5.74) is 1.52. The van der Waals surface area contributed by atoms with Crippen molar-refractivity contribution in [3.63, 3.8) is 0 Å². The van der Waals surface area contributed by atoms with Gasteiger partial charge in [0, 0.05) is 6.04 Å². The van der Waals surface area contributed by atoms with Crippen LogP contribution in [0.4, 0.5) is 0 Å². The fourth-order valence-corrected chi connectivity index (χ4v) is 3.98. The Balaban J connectivity index is 1.69. The summed E-state index contributed by atoms with van der Waals surface area (Å²) in [5.74, 6) is 2.96. The van der Waals surface area contributed by atoms with Crippen molar-refractivity contribution in [3.05, 3.63) is 11.8 Å². The average molecular weight is 221 g/mol. The highest BCUT2D eigenvalue weighted by atomic mass is 16.5. The van der Waals surface area contributed by atoms with E-state index in [2.05, 4.69) is 12.4 Å². The summed E-state index contributed by atoms with van der Waals surface area (Å²) in [4.78, 5) is 0. The largest absolute Gasteiger partial charge is 0.501 e. The first-order valence-electron chi connectivity index (χ1n) is 6.89. The van der Waals surface area contributed by atoms with Crippen LogP contribution in [0, 0.1) is 17.8 Å². The van der Waals surface area contributed by atoms with E-state index in [0.29, 0.717) is 6.04 Å². The molecule has 0 spiro atoms. The minimum atomic E-state index is 0.605. The van der Waals surface area contributed by atoms with E-state index in [-0.39, 0.29) is 0 Å². The summed E-state index contributed by atoms with van der Waals surface area (Å²) in [7, 11) is 2.12. The topological polar surface area (TPSA) is 21.3 Å². The van der Waals surface area contributed by atoms with Crippen molar-refractivity contribution in [2.45, 2.75) is 44.6 Å². The van der Waals surface area contributed by atoms with E-state index in [1.165, 1.54) is 44.1 Å². The van der Waals surface area contributed by atoms with Gasteiger partial charge in [-0.3, -0.25) is 0 Å². The first-order chi connectivity index (χ1) is 7.92. The van der Waals surface area contributed by atoms with E-state index in [9.17, 15) is 0 Å². The Morgan fingerprint density at radius 3 is 2.56 bits per heavy atom. The Kier molecular flexibility index (Phi) is 2.93. The smallest absolute Gasteiger partial charge is 0.0876 e. The molecule has 1 heterocycles. The maximum absolute atomic E-state index is 5.49. The van der Waals surface area contributed by atoms with E-state index < -0.39 is 0 Å². The molecule has 1 aliphatic heterocycles. The lowest BCUT2D eigenvalue weighted by molar-refractivity contribution is 0.217. The molecule has 0 aromatic carbocycles. The van der Waals surface area contributed by atoms with Gasteiger partial charge < -0.3 is 10.1 Å². The summed E-state index contributed by atoms with van der Waals surface area (Å²) < 4.78 is 5.49. The molecule has 3 unspecified atom stereocenters. The van der Waals surface area contributed by atoms with Crippen molar-refractivity contribution >= 4 is 0 Å². The molecule has 2 heteroatoms. The molecule has 0 bridgehead atoms. The van der Waals surface area contributed by atoms with Crippen LogP contribution in [-0.4, -0.2) is 19.7 Å². The van der Waals surface area contributed by atoms with E-state index in [4.69, 9.17) is 4.74 Å². The van der Waals surface area contributed by atoms with Crippen molar-refractivity contribution in [2.75, 3.05) is 13.7 Å². The molecule has 0 amide bonds. The molecule has 0 saturated heterocycles. The molecule has 2 fully saturated rings. The van der Waals surface area contributed by atoms with Crippen LogP contribution in [0.1, 0.15) is 38.5 Å². The Hall–Kier alpha value is -0.500. The van der Waals surface area contributed by atoms with Gasteiger partial charge in [0.05, 0.1) is 12.9 Å². The molecule has 2 nitrogen and oxygen atoms in total. The second-order valence-corrected chi connectivity index (χ2v) is 5.62. The molecule has 16 heavy (non-hydrogen) atoms. The van der Waals surface area contributed by atoms with Crippen LogP contribution >= 0.6 is 0 Å². The van der Waals surface area contributed by atoms with Crippen molar-refractivity contribution < 1.29 is 4.74 Å². The molecule has 0 aromatic rings. The lowest BCUT2D eigenvalue weighted by Gasteiger charge is -2.23. The zero-order chi connectivity index (χ0) is 11.0. The summed E-state index contributed by atoms with van der Waals surface area (Å²) in [6, 6.07) is 0.605. The predicted octanol–water partition coefficient (Wildman–Crippen LogP) is 2.70. The third-order valence-electron chi connectivity index (χ3n) is 4.78. The van der Waals surface area contributed by atoms with Gasteiger partial charge in [0.2, 0.25) is 0 Å². The van der Waals surface area contributed by atoms with Gasteiger partial charge in [-0.05, 0) is 56.1 Å². The standard InChI is InChI=1S/C14H23NO/c1-15-14(10-5-4-8-16-9-10)13-11-6-2-3-7-12(11)13/h9,11-15H,2-8H2,1H3. The Labute approximate surface area is 98.4 Å². The minimum absolute atomic E-state index is 0.605. The van der Waals surface area contributed by atoms with E-state index in [1.807, 2.05) is 6.26 Å². The quantitative estimate of drug-likeness (QED) is 0.791.